The second-order valence-corrected chi connectivity index (χ2v) is 8.82. The minimum atomic E-state index is -0.281. The van der Waals surface area contributed by atoms with Crippen LogP contribution in [0.5, 0.6) is 0 Å². The van der Waals surface area contributed by atoms with E-state index in [4.69, 9.17) is 0 Å². The smallest absolute Gasteiger partial charge is 0.286 e. The van der Waals surface area contributed by atoms with Crippen molar-refractivity contribution in [3.8, 4) is 0 Å². The van der Waals surface area contributed by atoms with E-state index in [0.29, 0.717) is 41.1 Å². The number of carbonyl (C=O) groups is 2. The molecule has 0 radical (unpaired) electrons. The quantitative estimate of drug-likeness (QED) is 0.637. The summed E-state index contributed by atoms with van der Waals surface area (Å²) in [5, 5.41) is 14.8. The van der Waals surface area contributed by atoms with E-state index in [1.54, 1.807) is 0 Å². The van der Waals surface area contributed by atoms with Crippen LogP contribution in [0.2, 0.25) is 0 Å². The molecule has 1 aromatic heterocycles. The molecule has 162 valence electrons. The van der Waals surface area contributed by atoms with Crippen LogP contribution in [-0.2, 0) is 11.2 Å². The van der Waals surface area contributed by atoms with E-state index in [-0.39, 0.29) is 11.8 Å². The molecule has 1 aromatic carbocycles. The number of nitrogens with zero attached hydrogens (tertiary/aromatic N) is 3. The van der Waals surface area contributed by atoms with Crippen LogP contribution in [0.4, 0.5) is 5.69 Å². The molecule has 7 nitrogen and oxygen atoms in total. The molecule has 1 aliphatic rings. The molecule has 1 unspecified atom stereocenters. The zero-order valence-corrected chi connectivity index (χ0v) is 18.4. The van der Waals surface area contributed by atoms with E-state index in [2.05, 4.69) is 32.7 Å². The van der Waals surface area contributed by atoms with E-state index in [1.165, 1.54) is 50.1 Å². The van der Waals surface area contributed by atoms with E-state index < -0.39 is 0 Å². The molecule has 0 aliphatic carbocycles. The first-order valence-corrected chi connectivity index (χ1v) is 11.6. The first-order valence-electron chi connectivity index (χ1n) is 10.8. The van der Waals surface area contributed by atoms with Crippen LogP contribution in [0.25, 0.3) is 0 Å². The van der Waals surface area contributed by atoms with Gasteiger partial charge in [0.15, 0.2) is 0 Å². The van der Waals surface area contributed by atoms with Crippen molar-refractivity contribution in [2.45, 2.75) is 57.9 Å². The Morgan fingerprint density at radius 2 is 1.83 bits per heavy atom. The van der Waals surface area contributed by atoms with Crippen LogP contribution in [0, 0.1) is 0 Å². The molecular weight excluding hydrogens is 398 g/mol. The van der Waals surface area contributed by atoms with E-state index in [1.807, 2.05) is 30.3 Å². The lowest BCUT2D eigenvalue weighted by Crippen LogP contribution is -2.37. The Labute approximate surface area is 182 Å². The largest absolute Gasteiger partial charge is 0.356 e. The average molecular weight is 430 g/mol. The van der Waals surface area contributed by atoms with Crippen LogP contribution in [0.1, 0.15) is 60.3 Å². The van der Waals surface area contributed by atoms with Crippen LogP contribution in [-0.4, -0.2) is 52.6 Å². The highest BCUT2D eigenvalue weighted by molar-refractivity contribution is 7.13. The minimum absolute atomic E-state index is 0.0172. The van der Waals surface area contributed by atoms with Gasteiger partial charge in [-0.15, -0.1) is 10.2 Å². The summed E-state index contributed by atoms with van der Waals surface area (Å²) in [6, 6.07) is 9.73. The lowest BCUT2D eigenvalue weighted by Gasteiger charge is -2.27. The van der Waals surface area contributed by atoms with Crippen molar-refractivity contribution in [1.29, 1.82) is 0 Å². The number of likely N-dealkylation sites (tertiary alicyclic amines) is 1. The van der Waals surface area contributed by atoms with Crippen molar-refractivity contribution in [1.82, 2.24) is 20.4 Å². The number of nitrogens with one attached hydrogen (secondary N) is 2. The lowest BCUT2D eigenvalue weighted by molar-refractivity contribution is -0.121. The maximum atomic E-state index is 12.2. The van der Waals surface area contributed by atoms with Gasteiger partial charge in [-0.2, -0.15) is 0 Å². The molecule has 1 fully saturated rings. The third-order valence-corrected chi connectivity index (χ3v) is 6.39. The number of amides is 2. The Balaban J connectivity index is 1.35. The fourth-order valence-corrected chi connectivity index (χ4v) is 4.33. The Bertz CT molecular complexity index is 803. The average Bonchev–Trinajstić information content (AvgIpc) is 3.06. The number of hydrogen-bond acceptors (Lipinski definition) is 6. The lowest BCUT2D eigenvalue weighted by atomic mass is 10.2. The number of anilines is 1. The van der Waals surface area contributed by atoms with Crippen molar-refractivity contribution < 1.29 is 9.59 Å². The molecule has 0 spiro atoms. The topological polar surface area (TPSA) is 87.2 Å². The van der Waals surface area contributed by atoms with E-state index in [9.17, 15) is 9.59 Å². The number of benzene rings is 1. The number of carbonyl (C=O) groups excluding carboxylic acids is 2. The molecular formula is C22H31N5O2S. The van der Waals surface area contributed by atoms with Crippen LogP contribution in [0.15, 0.2) is 30.3 Å². The Kier molecular flexibility index (Phi) is 8.77. The van der Waals surface area contributed by atoms with Crippen molar-refractivity contribution >= 4 is 28.8 Å². The normalized spacial score (nSPS) is 15.9. The van der Waals surface area contributed by atoms with Crippen molar-refractivity contribution in [3.63, 3.8) is 0 Å². The summed E-state index contributed by atoms with van der Waals surface area (Å²) in [4.78, 5) is 26.9. The van der Waals surface area contributed by atoms with Crippen LogP contribution >= 0.6 is 11.3 Å². The van der Waals surface area contributed by atoms with Gasteiger partial charge in [-0.1, -0.05) is 42.4 Å². The van der Waals surface area contributed by atoms with Gasteiger partial charge >= 0.3 is 0 Å². The third kappa shape index (κ3) is 7.18. The summed E-state index contributed by atoms with van der Waals surface area (Å²) in [7, 11) is 0. The Morgan fingerprint density at radius 1 is 1.10 bits per heavy atom. The summed E-state index contributed by atoms with van der Waals surface area (Å²) < 4.78 is 0. The second-order valence-electron chi connectivity index (χ2n) is 7.76. The highest BCUT2D eigenvalue weighted by Crippen LogP contribution is 2.15. The molecule has 0 bridgehead atoms. The molecule has 3 rings (SSSR count). The van der Waals surface area contributed by atoms with Gasteiger partial charge in [-0.25, -0.2) is 0 Å². The highest BCUT2D eigenvalue weighted by Gasteiger charge is 2.16. The third-order valence-electron chi connectivity index (χ3n) is 5.41. The number of para-hydroxylation sites is 1. The van der Waals surface area contributed by atoms with Crippen LogP contribution in [0.3, 0.4) is 0 Å². The monoisotopic (exact) mass is 429 g/mol. The van der Waals surface area contributed by atoms with E-state index in [0.717, 1.165) is 6.42 Å². The van der Waals surface area contributed by atoms with Gasteiger partial charge in [0, 0.05) is 31.1 Å². The maximum Gasteiger partial charge on any atom is 0.286 e. The zero-order valence-electron chi connectivity index (χ0n) is 17.6. The molecule has 8 heteroatoms. The minimum Gasteiger partial charge on any atom is -0.356 e. The predicted molar refractivity (Wildman–Crippen MR) is 120 cm³/mol. The van der Waals surface area contributed by atoms with Gasteiger partial charge in [0.2, 0.25) is 10.9 Å². The summed E-state index contributed by atoms with van der Waals surface area (Å²) in [6.45, 7) is 5.29. The van der Waals surface area contributed by atoms with E-state index >= 15 is 0 Å². The Hall–Kier alpha value is -2.32. The number of hydrogen-bond donors (Lipinski definition) is 2. The van der Waals surface area contributed by atoms with Crippen molar-refractivity contribution in [3.05, 3.63) is 40.3 Å². The van der Waals surface area contributed by atoms with Gasteiger partial charge in [0.25, 0.3) is 5.91 Å². The molecule has 2 amide bonds. The summed E-state index contributed by atoms with van der Waals surface area (Å²) in [6.07, 6.45) is 7.04. The first-order chi connectivity index (χ1) is 14.6. The van der Waals surface area contributed by atoms with Gasteiger partial charge in [-0.05, 0) is 51.4 Å². The molecule has 2 aromatic rings. The van der Waals surface area contributed by atoms with Crippen LogP contribution < -0.4 is 10.6 Å². The molecule has 2 heterocycles. The second kappa shape index (κ2) is 11.8. The number of rotatable bonds is 9. The Morgan fingerprint density at radius 3 is 2.57 bits per heavy atom. The van der Waals surface area contributed by atoms with Gasteiger partial charge < -0.3 is 15.5 Å². The maximum absolute atomic E-state index is 12.2. The molecule has 2 N–H and O–H groups in total. The molecule has 0 saturated carbocycles. The zero-order chi connectivity index (χ0) is 21.2. The molecule has 1 saturated heterocycles. The van der Waals surface area contributed by atoms with Gasteiger partial charge in [0.1, 0.15) is 5.01 Å². The number of aryl methyl sites for hydroxylation is 1. The summed E-state index contributed by atoms with van der Waals surface area (Å²) >= 11 is 1.23. The fourth-order valence-electron chi connectivity index (χ4n) is 3.60. The molecule has 1 aliphatic heterocycles. The van der Waals surface area contributed by atoms with Gasteiger partial charge in [0.05, 0.1) is 0 Å². The highest BCUT2D eigenvalue weighted by atomic mass is 32.1. The summed E-state index contributed by atoms with van der Waals surface area (Å²) in [5.41, 5.74) is 0.716. The molecule has 1 atom stereocenters. The first kappa shape index (κ1) is 22.4. The predicted octanol–water partition coefficient (Wildman–Crippen LogP) is 3.49. The summed E-state index contributed by atoms with van der Waals surface area (Å²) in [5.74, 6) is -0.263. The SMILES string of the molecule is CC(CCNC(=O)CCc1nnc(C(=O)Nc2ccccc2)s1)N1CCCCCC1. The number of aromatic nitrogens is 2. The fraction of sp³-hybridized carbons (Fsp3) is 0.545. The van der Waals surface area contributed by atoms with Crippen molar-refractivity contribution in [2.75, 3.05) is 25.0 Å². The standard InChI is InChI=1S/C22H31N5O2S/c1-17(27-15-7-2-3-8-16-27)13-14-23-19(28)11-12-20-25-26-22(30-20)21(29)24-18-9-5-4-6-10-18/h4-6,9-10,17H,2-3,7-8,11-16H2,1H3,(H,23,28)(H,24,29). The van der Waals surface area contributed by atoms with Crippen molar-refractivity contribution in [2.24, 2.45) is 0 Å². The van der Waals surface area contributed by atoms with Gasteiger partial charge in [-0.3, -0.25) is 9.59 Å². The molecule has 30 heavy (non-hydrogen) atoms.